The molecule has 3 N–H and O–H groups in total. The third kappa shape index (κ3) is 3.14. The number of hydrogen-bond donors (Lipinski definition) is 2. The van der Waals surface area contributed by atoms with Gasteiger partial charge in [-0.2, -0.15) is 0 Å². The van der Waals surface area contributed by atoms with Gasteiger partial charge in [0.1, 0.15) is 5.82 Å². The van der Waals surface area contributed by atoms with Crippen molar-refractivity contribution in [3.05, 3.63) is 69.4 Å². The van der Waals surface area contributed by atoms with Crippen molar-refractivity contribution in [1.29, 1.82) is 0 Å². The van der Waals surface area contributed by atoms with Gasteiger partial charge in [-0.1, -0.05) is 6.07 Å². The second-order valence-corrected chi connectivity index (χ2v) is 4.36. The van der Waals surface area contributed by atoms with Crippen LogP contribution in [0.4, 0.5) is 4.39 Å². The number of carbonyl (C=O) groups is 2. The lowest BCUT2D eigenvalue weighted by Crippen LogP contribution is -2.21. The molecule has 6 nitrogen and oxygen atoms in total. The quantitative estimate of drug-likeness (QED) is 0.870. The zero-order chi connectivity index (χ0) is 15.6. The minimum atomic E-state index is -1.19. The maximum Gasteiger partial charge on any atom is 0.337 e. The average Bonchev–Trinajstić information content (AvgIpc) is 2.42. The van der Waals surface area contributed by atoms with Gasteiger partial charge in [0.2, 0.25) is 5.91 Å². The minimum absolute atomic E-state index is 0.0166. The molecule has 0 fully saturated rings. The molecular formula is C14H11FN2O4. The topological polar surface area (TPSA) is 102 Å². The number of benzene rings is 1. The largest absolute Gasteiger partial charge is 0.478 e. The van der Waals surface area contributed by atoms with Gasteiger partial charge in [0.05, 0.1) is 12.1 Å². The van der Waals surface area contributed by atoms with Crippen molar-refractivity contribution in [1.82, 2.24) is 4.57 Å². The van der Waals surface area contributed by atoms with E-state index in [9.17, 15) is 18.8 Å². The van der Waals surface area contributed by atoms with E-state index in [0.29, 0.717) is 0 Å². The SMILES string of the molecule is NC(=O)c1ccc(Cn2cc(C(=O)O)ccc2=O)c(F)c1. The van der Waals surface area contributed by atoms with Gasteiger partial charge in [0.15, 0.2) is 0 Å². The summed E-state index contributed by atoms with van der Waals surface area (Å²) in [4.78, 5) is 33.5. The van der Waals surface area contributed by atoms with Gasteiger partial charge < -0.3 is 15.4 Å². The average molecular weight is 290 g/mol. The first-order valence-corrected chi connectivity index (χ1v) is 5.90. The second-order valence-electron chi connectivity index (χ2n) is 4.36. The molecule has 0 unspecified atom stereocenters. The van der Waals surface area contributed by atoms with Crippen LogP contribution in [0, 0.1) is 5.82 Å². The molecule has 2 rings (SSSR count). The standard InChI is InChI=1S/C14H11FN2O4/c15-11-5-8(13(16)19)1-2-9(11)6-17-7-10(14(20)21)3-4-12(17)18/h1-5,7H,6H2,(H2,16,19)(H,20,21). The number of amides is 1. The summed E-state index contributed by atoms with van der Waals surface area (Å²) in [6.45, 7) is -0.148. The van der Waals surface area contributed by atoms with Gasteiger partial charge in [-0.3, -0.25) is 9.59 Å². The molecule has 0 spiro atoms. The highest BCUT2D eigenvalue weighted by molar-refractivity contribution is 5.92. The van der Waals surface area contributed by atoms with E-state index in [1.54, 1.807) is 0 Å². The van der Waals surface area contributed by atoms with Gasteiger partial charge in [0, 0.05) is 23.4 Å². The van der Waals surface area contributed by atoms with E-state index >= 15 is 0 Å². The number of carboxylic acids is 1. The molecule has 1 aromatic carbocycles. The van der Waals surface area contributed by atoms with E-state index in [1.165, 1.54) is 18.2 Å². The van der Waals surface area contributed by atoms with E-state index < -0.39 is 23.3 Å². The number of carbonyl (C=O) groups excluding carboxylic acids is 1. The monoisotopic (exact) mass is 290 g/mol. The maximum atomic E-state index is 13.8. The normalized spacial score (nSPS) is 10.3. The minimum Gasteiger partial charge on any atom is -0.478 e. The van der Waals surface area contributed by atoms with E-state index in [4.69, 9.17) is 10.8 Å². The van der Waals surface area contributed by atoms with Crippen LogP contribution in [0.15, 0.2) is 41.3 Å². The first-order valence-electron chi connectivity index (χ1n) is 5.90. The Kier molecular flexibility index (Phi) is 3.84. The first-order chi connectivity index (χ1) is 9.88. The molecule has 0 bridgehead atoms. The van der Waals surface area contributed by atoms with Gasteiger partial charge in [0.25, 0.3) is 5.56 Å². The molecular weight excluding hydrogens is 279 g/mol. The Bertz CT molecular complexity index is 783. The van der Waals surface area contributed by atoms with Gasteiger partial charge in [-0.25, -0.2) is 9.18 Å². The molecule has 1 heterocycles. The lowest BCUT2D eigenvalue weighted by Gasteiger charge is -2.08. The fourth-order valence-corrected chi connectivity index (χ4v) is 1.79. The summed E-state index contributed by atoms with van der Waals surface area (Å²) in [6.07, 6.45) is 1.13. The highest BCUT2D eigenvalue weighted by Crippen LogP contribution is 2.11. The second kappa shape index (κ2) is 5.58. The highest BCUT2D eigenvalue weighted by Gasteiger charge is 2.10. The molecule has 21 heavy (non-hydrogen) atoms. The number of pyridine rings is 1. The van der Waals surface area contributed by atoms with Crippen LogP contribution in [0.5, 0.6) is 0 Å². The van der Waals surface area contributed by atoms with E-state index in [2.05, 4.69) is 0 Å². The Morgan fingerprint density at radius 3 is 2.43 bits per heavy atom. The molecule has 108 valence electrons. The lowest BCUT2D eigenvalue weighted by molar-refractivity contribution is 0.0695. The molecule has 1 amide bonds. The third-order valence-electron chi connectivity index (χ3n) is 2.91. The van der Waals surface area contributed by atoms with Crippen LogP contribution in [-0.2, 0) is 6.54 Å². The van der Waals surface area contributed by atoms with Crippen molar-refractivity contribution in [3.8, 4) is 0 Å². The molecule has 0 radical (unpaired) electrons. The van der Waals surface area contributed by atoms with Crippen LogP contribution >= 0.6 is 0 Å². The molecule has 0 aliphatic rings. The third-order valence-corrected chi connectivity index (χ3v) is 2.91. The Balaban J connectivity index is 2.38. The fraction of sp³-hybridized carbons (Fsp3) is 0.0714. The molecule has 0 aliphatic heterocycles. The number of aromatic nitrogens is 1. The van der Waals surface area contributed by atoms with Crippen LogP contribution in [0.2, 0.25) is 0 Å². The summed E-state index contributed by atoms with van der Waals surface area (Å²) in [6, 6.07) is 5.92. The van der Waals surface area contributed by atoms with Gasteiger partial charge in [-0.05, 0) is 18.2 Å². The number of rotatable bonds is 4. The van der Waals surface area contributed by atoms with E-state index in [1.807, 2.05) is 0 Å². The first kappa shape index (κ1) is 14.4. The summed E-state index contributed by atoms with van der Waals surface area (Å²) in [5.41, 5.74) is 4.66. The van der Waals surface area contributed by atoms with Gasteiger partial charge in [-0.15, -0.1) is 0 Å². The molecule has 7 heteroatoms. The number of nitrogens with two attached hydrogens (primary N) is 1. The number of hydrogen-bond acceptors (Lipinski definition) is 3. The summed E-state index contributed by atoms with van der Waals surface area (Å²) < 4.78 is 14.9. The van der Waals surface area contributed by atoms with Crippen molar-refractivity contribution in [2.24, 2.45) is 5.73 Å². The lowest BCUT2D eigenvalue weighted by atomic mass is 10.1. The number of primary amides is 1. The summed E-state index contributed by atoms with van der Waals surface area (Å²) in [5.74, 6) is -2.64. The van der Waals surface area contributed by atoms with Crippen molar-refractivity contribution in [2.75, 3.05) is 0 Å². The van der Waals surface area contributed by atoms with Crippen molar-refractivity contribution in [3.63, 3.8) is 0 Å². The smallest absolute Gasteiger partial charge is 0.337 e. The van der Waals surface area contributed by atoms with E-state index in [-0.39, 0.29) is 23.2 Å². The van der Waals surface area contributed by atoms with Crippen molar-refractivity contribution >= 4 is 11.9 Å². The van der Waals surface area contributed by atoms with Crippen LogP contribution in [0.1, 0.15) is 26.3 Å². The number of carboxylic acid groups (broad SMARTS) is 1. The Hall–Kier alpha value is -2.96. The number of halogens is 1. The Morgan fingerprint density at radius 2 is 1.86 bits per heavy atom. The summed E-state index contributed by atoms with van der Waals surface area (Å²) in [7, 11) is 0. The predicted molar refractivity (Wildman–Crippen MR) is 71.7 cm³/mol. The summed E-state index contributed by atoms with van der Waals surface area (Å²) >= 11 is 0. The van der Waals surface area contributed by atoms with E-state index in [0.717, 1.165) is 22.9 Å². The maximum absolute atomic E-state index is 13.8. The summed E-state index contributed by atoms with van der Waals surface area (Å²) in [5, 5.41) is 8.88. The number of aromatic carboxylic acids is 1. The van der Waals surface area contributed by atoms with Crippen molar-refractivity contribution in [2.45, 2.75) is 6.54 Å². The van der Waals surface area contributed by atoms with Crippen LogP contribution in [0.3, 0.4) is 0 Å². The molecule has 2 aromatic rings. The zero-order valence-electron chi connectivity index (χ0n) is 10.7. The molecule has 0 atom stereocenters. The highest BCUT2D eigenvalue weighted by atomic mass is 19.1. The van der Waals surface area contributed by atoms with Crippen LogP contribution < -0.4 is 11.3 Å². The van der Waals surface area contributed by atoms with Crippen molar-refractivity contribution < 1.29 is 19.1 Å². The Morgan fingerprint density at radius 1 is 1.19 bits per heavy atom. The molecule has 1 aromatic heterocycles. The fourth-order valence-electron chi connectivity index (χ4n) is 1.79. The zero-order valence-corrected chi connectivity index (χ0v) is 10.7. The molecule has 0 aliphatic carbocycles. The van der Waals surface area contributed by atoms with Crippen LogP contribution in [-0.4, -0.2) is 21.6 Å². The predicted octanol–water partition coefficient (Wildman–Crippen LogP) is 0.833. The number of nitrogens with zero attached hydrogens (tertiary/aromatic N) is 1. The Labute approximate surface area is 118 Å². The van der Waals surface area contributed by atoms with Gasteiger partial charge >= 0.3 is 5.97 Å². The van der Waals surface area contributed by atoms with Crippen LogP contribution in [0.25, 0.3) is 0 Å². The molecule has 0 saturated heterocycles. The molecule has 0 saturated carbocycles.